The molecule has 1 N–H and O–H groups in total. The van der Waals surface area contributed by atoms with Crippen molar-refractivity contribution in [2.75, 3.05) is 13.2 Å². The van der Waals surface area contributed by atoms with Gasteiger partial charge in [0.1, 0.15) is 0 Å². The summed E-state index contributed by atoms with van der Waals surface area (Å²) in [5.41, 5.74) is 0.777. The van der Waals surface area contributed by atoms with Gasteiger partial charge in [0, 0.05) is 12.6 Å². The van der Waals surface area contributed by atoms with E-state index in [1.54, 1.807) is 0 Å². The largest absolute Gasteiger partial charge is 0.379 e. The molecular weight excluding hydrogens is 222 g/mol. The van der Waals surface area contributed by atoms with Crippen molar-refractivity contribution < 1.29 is 4.74 Å². The molecule has 0 bridgehead atoms. The van der Waals surface area contributed by atoms with Crippen LogP contribution in [-0.4, -0.2) is 25.3 Å². The lowest BCUT2D eigenvalue weighted by Gasteiger charge is -2.37. The summed E-state index contributed by atoms with van der Waals surface area (Å²) in [5, 5.41) is 3.72. The van der Waals surface area contributed by atoms with Crippen LogP contribution in [0.3, 0.4) is 0 Å². The summed E-state index contributed by atoms with van der Waals surface area (Å²) in [6.07, 6.45) is 13.3. The van der Waals surface area contributed by atoms with Gasteiger partial charge >= 0.3 is 0 Å². The van der Waals surface area contributed by atoms with E-state index in [9.17, 15) is 0 Å². The molecule has 1 spiro atoms. The predicted octanol–water partition coefficient (Wildman–Crippen LogP) is 3.89. The molecule has 2 aliphatic rings. The molecule has 0 aromatic rings. The maximum absolute atomic E-state index is 5.57. The van der Waals surface area contributed by atoms with Crippen LogP contribution in [-0.2, 0) is 4.74 Å². The molecule has 0 aliphatic heterocycles. The van der Waals surface area contributed by atoms with Crippen molar-refractivity contribution in [2.45, 2.75) is 83.8 Å². The highest BCUT2D eigenvalue weighted by Crippen LogP contribution is 2.48. The standard InChI is InChI=1S/C16H31NO/c1-14(2)18-13-5-12-17-15-6-10-16(11-7-15)8-3-4-9-16/h14-15,17H,3-13H2,1-2H3. The molecule has 0 unspecified atom stereocenters. The first-order valence-corrected chi connectivity index (χ1v) is 8.05. The van der Waals surface area contributed by atoms with Gasteiger partial charge in [0.15, 0.2) is 0 Å². The molecule has 0 heterocycles. The fourth-order valence-electron chi connectivity index (χ4n) is 3.76. The Morgan fingerprint density at radius 1 is 1.11 bits per heavy atom. The van der Waals surface area contributed by atoms with Crippen LogP contribution in [0.4, 0.5) is 0 Å². The summed E-state index contributed by atoms with van der Waals surface area (Å²) in [6, 6.07) is 0.787. The average Bonchev–Trinajstić information content (AvgIpc) is 2.80. The van der Waals surface area contributed by atoms with Gasteiger partial charge in [0.2, 0.25) is 0 Å². The maximum atomic E-state index is 5.57. The van der Waals surface area contributed by atoms with Gasteiger partial charge in [0.25, 0.3) is 0 Å². The van der Waals surface area contributed by atoms with Crippen LogP contribution >= 0.6 is 0 Å². The molecule has 0 aromatic carbocycles. The topological polar surface area (TPSA) is 21.3 Å². The maximum Gasteiger partial charge on any atom is 0.0518 e. The number of hydrogen-bond acceptors (Lipinski definition) is 2. The average molecular weight is 253 g/mol. The van der Waals surface area contributed by atoms with E-state index in [-0.39, 0.29) is 0 Å². The summed E-state index contributed by atoms with van der Waals surface area (Å²) >= 11 is 0. The molecule has 0 aromatic heterocycles. The zero-order chi connectivity index (χ0) is 12.8. The molecular formula is C16H31NO. The summed E-state index contributed by atoms with van der Waals surface area (Å²) in [4.78, 5) is 0. The fourth-order valence-corrected chi connectivity index (χ4v) is 3.76. The lowest BCUT2D eigenvalue weighted by Crippen LogP contribution is -2.37. The van der Waals surface area contributed by atoms with E-state index in [1.807, 2.05) is 0 Å². The van der Waals surface area contributed by atoms with Crippen LogP contribution in [0.1, 0.15) is 71.6 Å². The van der Waals surface area contributed by atoms with E-state index >= 15 is 0 Å². The third kappa shape index (κ3) is 4.24. The Bertz CT molecular complexity index is 223. The quantitative estimate of drug-likeness (QED) is 0.725. The van der Waals surface area contributed by atoms with E-state index in [0.717, 1.165) is 31.0 Å². The summed E-state index contributed by atoms with van der Waals surface area (Å²) in [6.45, 7) is 6.25. The van der Waals surface area contributed by atoms with Gasteiger partial charge < -0.3 is 10.1 Å². The van der Waals surface area contributed by atoms with Crippen molar-refractivity contribution in [1.82, 2.24) is 5.32 Å². The highest BCUT2D eigenvalue weighted by atomic mass is 16.5. The second kappa shape index (κ2) is 6.91. The Morgan fingerprint density at radius 2 is 1.78 bits per heavy atom. The van der Waals surface area contributed by atoms with E-state index in [2.05, 4.69) is 19.2 Å². The highest BCUT2D eigenvalue weighted by Gasteiger charge is 2.37. The van der Waals surface area contributed by atoms with Gasteiger partial charge in [0.05, 0.1) is 6.10 Å². The third-order valence-electron chi connectivity index (χ3n) is 4.92. The van der Waals surface area contributed by atoms with E-state index in [0.29, 0.717) is 6.10 Å². The Labute approximate surface area is 113 Å². The molecule has 106 valence electrons. The SMILES string of the molecule is CC(C)OCCCNC1CCC2(CCCC2)CC1. The van der Waals surface area contributed by atoms with Crippen LogP contribution < -0.4 is 5.32 Å². The number of rotatable bonds is 6. The lowest BCUT2D eigenvalue weighted by atomic mass is 9.71. The molecule has 2 nitrogen and oxygen atoms in total. The zero-order valence-electron chi connectivity index (χ0n) is 12.3. The van der Waals surface area contributed by atoms with E-state index in [4.69, 9.17) is 4.74 Å². The van der Waals surface area contributed by atoms with Crippen molar-refractivity contribution >= 4 is 0 Å². The van der Waals surface area contributed by atoms with Crippen LogP contribution in [0.5, 0.6) is 0 Å². The number of hydrogen-bond donors (Lipinski definition) is 1. The molecule has 0 saturated heterocycles. The van der Waals surface area contributed by atoms with Crippen LogP contribution in [0.25, 0.3) is 0 Å². The molecule has 18 heavy (non-hydrogen) atoms. The monoisotopic (exact) mass is 253 g/mol. The van der Waals surface area contributed by atoms with Crippen molar-refractivity contribution in [1.29, 1.82) is 0 Å². The predicted molar refractivity (Wildman–Crippen MR) is 76.9 cm³/mol. The van der Waals surface area contributed by atoms with Crippen molar-refractivity contribution in [3.8, 4) is 0 Å². The zero-order valence-corrected chi connectivity index (χ0v) is 12.3. The summed E-state index contributed by atoms with van der Waals surface area (Å²) < 4.78 is 5.57. The summed E-state index contributed by atoms with van der Waals surface area (Å²) in [7, 11) is 0. The molecule has 2 fully saturated rings. The first-order chi connectivity index (χ1) is 8.70. The normalized spacial score (nSPS) is 24.2. The molecule has 0 radical (unpaired) electrons. The minimum atomic E-state index is 0.377. The first-order valence-electron chi connectivity index (χ1n) is 8.05. The second-order valence-corrected chi connectivity index (χ2v) is 6.71. The molecule has 0 atom stereocenters. The number of ether oxygens (including phenoxy) is 1. The van der Waals surface area contributed by atoms with Gasteiger partial charge in [-0.3, -0.25) is 0 Å². The van der Waals surface area contributed by atoms with Crippen molar-refractivity contribution in [3.05, 3.63) is 0 Å². The van der Waals surface area contributed by atoms with E-state index in [1.165, 1.54) is 51.4 Å². The van der Waals surface area contributed by atoms with Gasteiger partial charge in [-0.25, -0.2) is 0 Å². The Balaban J connectivity index is 1.54. The third-order valence-corrected chi connectivity index (χ3v) is 4.92. The smallest absolute Gasteiger partial charge is 0.0518 e. The van der Waals surface area contributed by atoms with Crippen LogP contribution in [0.2, 0.25) is 0 Å². The van der Waals surface area contributed by atoms with Gasteiger partial charge in [-0.05, 0) is 70.8 Å². The Kier molecular flexibility index (Phi) is 5.50. The van der Waals surface area contributed by atoms with Crippen molar-refractivity contribution in [2.24, 2.45) is 5.41 Å². The lowest BCUT2D eigenvalue weighted by molar-refractivity contribution is 0.0758. The van der Waals surface area contributed by atoms with Crippen LogP contribution in [0, 0.1) is 5.41 Å². The molecule has 2 rings (SSSR count). The molecule has 0 amide bonds. The van der Waals surface area contributed by atoms with E-state index < -0.39 is 0 Å². The molecule has 2 heteroatoms. The Hall–Kier alpha value is -0.0800. The van der Waals surface area contributed by atoms with Gasteiger partial charge in [-0.1, -0.05) is 12.8 Å². The van der Waals surface area contributed by atoms with Crippen LogP contribution in [0.15, 0.2) is 0 Å². The Morgan fingerprint density at radius 3 is 2.39 bits per heavy atom. The van der Waals surface area contributed by atoms with Crippen molar-refractivity contribution in [3.63, 3.8) is 0 Å². The fraction of sp³-hybridized carbons (Fsp3) is 1.00. The first kappa shape index (κ1) is 14.3. The second-order valence-electron chi connectivity index (χ2n) is 6.71. The van der Waals surface area contributed by atoms with Gasteiger partial charge in [-0.2, -0.15) is 0 Å². The highest BCUT2D eigenvalue weighted by molar-refractivity contribution is 4.91. The minimum absolute atomic E-state index is 0.377. The van der Waals surface area contributed by atoms with Gasteiger partial charge in [-0.15, -0.1) is 0 Å². The summed E-state index contributed by atoms with van der Waals surface area (Å²) in [5.74, 6) is 0. The molecule has 2 saturated carbocycles. The molecule has 2 aliphatic carbocycles. The minimum Gasteiger partial charge on any atom is -0.379 e. The number of nitrogens with one attached hydrogen (secondary N) is 1.